The Morgan fingerprint density at radius 1 is 0.848 bits per heavy atom. The zero-order valence-corrected chi connectivity index (χ0v) is 18.8. The van der Waals surface area contributed by atoms with E-state index in [1.165, 1.54) is 5.56 Å². The molecule has 5 heteroatoms. The van der Waals surface area contributed by atoms with Crippen LogP contribution in [-0.2, 0) is 16.0 Å². The first-order valence-corrected chi connectivity index (χ1v) is 11.5. The molecule has 0 unspecified atom stereocenters. The number of rotatable bonds is 5. The van der Waals surface area contributed by atoms with Crippen LogP contribution in [-0.4, -0.2) is 60.9 Å². The molecule has 1 fully saturated rings. The first kappa shape index (κ1) is 22.6. The van der Waals surface area contributed by atoms with Crippen molar-refractivity contribution in [1.29, 1.82) is 0 Å². The summed E-state index contributed by atoms with van der Waals surface area (Å²) < 4.78 is 0. The van der Waals surface area contributed by atoms with Gasteiger partial charge in [0.1, 0.15) is 0 Å². The summed E-state index contributed by atoms with van der Waals surface area (Å²) in [6.07, 6.45) is 1.66. The van der Waals surface area contributed by atoms with Gasteiger partial charge in [0.2, 0.25) is 5.91 Å². The highest BCUT2D eigenvalue weighted by molar-refractivity contribution is 5.96. The van der Waals surface area contributed by atoms with Crippen LogP contribution in [0.5, 0.6) is 0 Å². The van der Waals surface area contributed by atoms with Crippen LogP contribution in [0.1, 0.15) is 17.5 Å². The predicted molar refractivity (Wildman–Crippen MR) is 132 cm³/mol. The minimum absolute atomic E-state index is 0.0291. The summed E-state index contributed by atoms with van der Waals surface area (Å²) in [5.74, 6) is 5.77. The van der Waals surface area contributed by atoms with Crippen LogP contribution >= 0.6 is 0 Å². The summed E-state index contributed by atoms with van der Waals surface area (Å²) in [5, 5.41) is 5.17. The number of amides is 2. The average molecular weight is 440 g/mol. The van der Waals surface area contributed by atoms with Gasteiger partial charge in [0.25, 0.3) is 5.91 Å². The number of benzene rings is 3. The second kappa shape index (κ2) is 11.3. The van der Waals surface area contributed by atoms with Gasteiger partial charge in [-0.25, -0.2) is 0 Å². The molecule has 0 atom stereocenters. The van der Waals surface area contributed by atoms with Crippen molar-refractivity contribution in [3.8, 4) is 11.8 Å². The smallest absolute Gasteiger partial charge is 0.298 e. The van der Waals surface area contributed by atoms with E-state index in [1.54, 1.807) is 4.90 Å². The molecule has 4 rings (SSSR count). The van der Waals surface area contributed by atoms with Crippen LogP contribution in [0.3, 0.4) is 0 Å². The molecule has 0 bridgehead atoms. The fourth-order valence-electron chi connectivity index (χ4n) is 4.12. The second-order valence-electron chi connectivity index (χ2n) is 8.28. The van der Waals surface area contributed by atoms with Crippen LogP contribution in [0.25, 0.3) is 10.8 Å². The lowest BCUT2D eigenvalue weighted by atomic mass is 10.1. The lowest BCUT2D eigenvalue weighted by Crippen LogP contribution is -2.40. The highest BCUT2D eigenvalue weighted by Gasteiger charge is 2.19. The molecule has 1 saturated heterocycles. The van der Waals surface area contributed by atoms with Crippen LogP contribution in [0.15, 0.2) is 72.8 Å². The molecule has 0 saturated carbocycles. The van der Waals surface area contributed by atoms with E-state index in [1.807, 2.05) is 60.7 Å². The van der Waals surface area contributed by atoms with Crippen molar-refractivity contribution in [3.05, 3.63) is 83.9 Å². The Balaban J connectivity index is 1.26. The topological polar surface area (TPSA) is 52.7 Å². The van der Waals surface area contributed by atoms with Gasteiger partial charge >= 0.3 is 0 Å². The summed E-state index contributed by atoms with van der Waals surface area (Å²) in [6, 6.07) is 24.1. The lowest BCUT2D eigenvalue weighted by Gasteiger charge is -2.20. The first-order chi connectivity index (χ1) is 16.2. The molecule has 0 aliphatic carbocycles. The van der Waals surface area contributed by atoms with E-state index in [0.717, 1.165) is 35.7 Å². The van der Waals surface area contributed by atoms with Crippen LogP contribution in [0, 0.1) is 11.8 Å². The Bertz CT molecular complexity index is 1160. The second-order valence-corrected chi connectivity index (χ2v) is 8.28. The van der Waals surface area contributed by atoms with Crippen LogP contribution < -0.4 is 5.32 Å². The molecule has 168 valence electrons. The number of hydrogen-bond acceptors (Lipinski definition) is 3. The molecule has 33 heavy (non-hydrogen) atoms. The van der Waals surface area contributed by atoms with E-state index in [4.69, 9.17) is 0 Å². The number of fused-ring (bicyclic) bond motifs is 1. The summed E-state index contributed by atoms with van der Waals surface area (Å²) in [7, 11) is 0. The summed E-state index contributed by atoms with van der Waals surface area (Å²) >= 11 is 0. The maximum absolute atomic E-state index is 12.7. The molecule has 3 aromatic carbocycles. The molecular formula is C28H29N3O2. The third-order valence-corrected chi connectivity index (χ3v) is 5.92. The van der Waals surface area contributed by atoms with Gasteiger partial charge < -0.3 is 10.2 Å². The van der Waals surface area contributed by atoms with Gasteiger partial charge in [-0.05, 0) is 35.2 Å². The largest absolute Gasteiger partial charge is 0.355 e. The number of hydrogen-bond donors (Lipinski definition) is 1. The van der Waals surface area contributed by atoms with Crippen molar-refractivity contribution < 1.29 is 9.59 Å². The summed E-state index contributed by atoms with van der Waals surface area (Å²) in [5.41, 5.74) is 2.08. The van der Waals surface area contributed by atoms with Gasteiger partial charge in [0.15, 0.2) is 0 Å². The zero-order valence-electron chi connectivity index (χ0n) is 18.8. The number of nitrogens with one attached hydrogen (secondary N) is 1. The molecule has 0 spiro atoms. The van der Waals surface area contributed by atoms with Gasteiger partial charge in [-0.3, -0.25) is 14.5 Å². The zero-order chi connectivity index (χ0) is 22.9. The van der Waals surface area contributed by atoms with Crippen LogP contribution in [0.4, 0.5) is 0 Å². The van der Waals surface area contributed by atoms with E-state index < -0.39 is 0 Å². The first-order valence-electron chi connectivity index (χ1n) is 11.5. The standard InChI is InChI=1S/C28H29N3O2/c32-27(29-17-16-23-8-2-1-3-9-23)22-30-18-7-19-31(21-20-30)28(33)15-14-25-12-6-11-24-10-4-5-13-26(24)25/h1-6,8-13H,7,16-22H2,(H,29,32). The highest BCUT2D eigenvalue weighted by Crippen LogP contribution is 2.17. The third kappa shape index (κ3) is 6.44. The van der Waals surface area contributed by atoms with Crippen molar-refractivity contribution >= 4 is 22.6 Å². The Morgan fingerprint density at radius 2 is 1.64 bits per heavy atom. The van der Waals surface area contributed by atoms with Crippen molar-refractivity contribution in [2.24, 2.45) is 0 Å². The molecule has 3 aromatic rings. The fourth-order valence-corrected chi connectivity index (χ4v) is 4.12. The molecule has 1 aliphatic heterocycles. The number of carbonyl (C=O) groups is 2. The third-order valence-electron chi connectivity index (χ3n) is 5.92. The maximum atomic E-state index is 12.7. The lowest BCUT2D eigenvalue weighted by molar-refractivity contribution is -0.124. The van der Waals surface area contributed by atoms with E-state index in [-0.39, 0.29) is 11.8 Å². The van der Waals surface area contributed by atoms with Gasteiger partial charge in [0, 0.05) is 44.2 Å². The number of carbonyl (C=O) groups excluding carboxylic acids is 2. The average Bonchev–Trinajstić information content (AvgIpc) is 3.09. The van der Waals surface area contributed by atoms with Crippen LogP contribution in [0.2, 0.25) is 0 Å². The minimum Gasteiger partial charge on any atom is -0.355 e. The Kier molecular flexibility index (Phi) is 7.73. The Hall–Kier alpha value is -3.62. The predicted octanol–water partition coefficient (Wildman–Crippen LogP) is 3.08. The molecule has 5 nitrogen and oxygen atoms in total. The molecule has 0 radical (unpaired) electrons. The fraction of sp³-hybridized carbons (Fsp3) is 0.286. The summed E-state index contributed by atoms with van der Waals surface area (Å²) in [4.78, 5) is 29.0. The van der Waals surface area contributed by atoms with Gasteiger partial charge in [0.05, 0.1) is 6.54 Å². The van der Waals surface area contributed by atoms with E-state index in [2.05, 4.69) is 34.2 Å². The highest BCUT2D eigenvalue weighted by atomic mass is 16.2. The normalized spacial score (nSPS) is 14.2. The molecule has 1 aliphatic rings. The molecule has 1 heterocycles. The molecule has 1 N–H and O–H groups in total. The van der Waals surface area contributed by atoms with Crippen molar-refractivity contribution in [3.63, 3.8) is 0 Å². The molecule has 2 amide bonds. The Morgan fingerprint density at radius 3 is 2.52 bits per heavy atom. The molecular weight excluding hydrogens is 410 g/mol. The Labute approximate surface area is 195 Å². The van der Waals surface area contributed by atoms with Crippen molar-refractivity contribution in [2.45, 2.75) is 12.8 Å². The monoisotopic (exact) mass is 439 g/mol. The van der Waals surface area contributed by atoms with Crippen molar-refractivity contribution in [1.82, 2.24) is 15.1 Å². The summed E-state index contributed by atoms with van der Waals surface area (Å²) in [6.45, 7) is 3.71. The quantitative estimate of drug-likeness (QED) is 0.622. The van der Waals surface area contributed by atoms with E-state index in [0.29, 0.717) is 32.7 Å². The SMILES string of the molecule is O=C(CN1CCCN(C(=O)C#Cc2cccc3ccccc23)CC1)NCCc1ccccc1. The number of nitrogens with zero attached hydrogens (tertiary/aromatic N) is 2. The van der Waals surface area contributed by atoms with E-state index in [9.17, 15) is 9.59 Å². The van der Waals surface area contributed by atoms with E-state index >= 15 is 0 Å². The maximum Gasteiger partial charge on any atom is 0.298 e. The van der Waals surface area contributed by atoms with Gasteiger partial charge in [-0.1, -0.05) is 72.7 Å². The van der Waals surface area contributed by atoms with Crippen molar-refractivity contribution in [2.75, 3.05) is 39.3 Å². The van der Waals surface area contributed by atoms with Gasteiger partial charge in [-0.15, -0.1) is 0 Å². The minimum atomic E-state index is -0.155. The van der Waals surface area contributed by atoms with Gasteiger partial charge in [-0.2, -0.15) is 0 Å². The molecule has 0 aromatic heterocycles.